The summed E-state index contributed by atoms with van der Waals surface area (Å²) in [6.45, 7) is 7.90. The summed E-state index contributed by atoms with van der Waals surface area (Å²) in [5.41, 5.74) is 0.983. The maximum Gasteiger partial charge on any atom is 0.237 e. The van der Waals surface area contributed by atoms with Crippen molar-refractivity contribution in [3.63, 3.8) is 0 Å². The third-order valence-corrected chi connectivity index (χ3v) is 5.28. The Hall–Kier alpha value is -1.51. The SMILES string of the molecule is CC(=O)Nc1nc(CN2CCN(C(C)C(=O)NC3CC3)CC2)cs1. The molecule has 1 saturated carbocycles. The van der Waals surface area contributed by atoms with Crippen LogP contribution in [0.3, 0.4) is 0 Å². The summed E-state index contributed by atoms with van der Waals surface area (Å²) >= 11 is 1.45. The summed E-state index contributed by atoms with van der Waals surface area (Å²) in [6, 6.07) is 0.363. The molecule has 132 valence electrons. The Morgan fingerprint density at radius 1 is 1.33 bits per heavy atom. The van der Waals surface area contributed by atoms with Gasteiger partial charge in [-0.05, 0) is 19.8 Å². The summed E-state index contributed by atoms with van der Waals surface area (Å²) in [4.78, 5) is 32.2. The molecule has 1 saturated heterocycles. The molecule has 2 fully saturated rings. The molecule has 7 nitrogen and oxygen atoms in total. The van der Waals surface area contributed by atoms with Crippen LogP contribution in [0.5, 0.6) is 0 Å². The van der Waals surface area contributed by atoms with E-state index in [0.717, 1.165) is 51.3 Å². The van der Waals surface area contributed by atoms with Gasteiger partial charge in [-0.3, -0.25) is 19.4 Å². The van der Waals surface area contributed by atoms with Gasteiger partial charge in [-0.2, -0.15) is 0 Å². The van der Waals surface area contributed by atoms with E-state index in [4.69, 9.17) is 0 Å². The van der Waals surface area contributed by atoms with Crippen molar-refractivity contribution >= 4 is 28.3 Å². The van der Waals surface area contributed by atoms with Crippen molar-refractivity contribution in [3.8, 4) is 0 Å². The van der Waals surface area contributed by atoms with Crippen LogP contribution in [-0.4, -0.2) is 64.9 Å². The molecular weight excluding hydrogens is 326 g/mol. The number of nitrogens with one attached hydrogen (secondary N) is 2. The van der Waals surface area contributed by atoms with Crippen LogP contribution in [0.15, 0.2) is 5.38 Å². The minimum atomic E-state index is -0.0945. The second kappa shape index (κ2) is 7.58. The van der Waals surface area contributed by atoms with Gasteiger partial charge in [-0.25, -0.2) is 4.98 Å². The standard InChI is InChI=1S/C16H25N5O2S/c1-11(15(23)18-13-3-4-13)21-7-5-20(6-8-21)9-14-10-24-16(19-14)17-12(2)22/h10-11,13H,3-9H2,1-2H3,(H,18,23)(H,17,19,22). The number of carbonyl (C=O) groups excluding carboxylic acids is 2. The molecule has 2 amide bonds. The van der Waals surface area contributed by atoms with E-state index in [-0.39, 0.29) is 17.9 Å². The van der Waals surface area contributed by atoms with Crippen LogP contribution in [0.2, 0.25) is 0 Å². The molecule has 2 N–H and O–H groups in total. The van der Waals surface area contributed by atoms with E-state index in [9.17, 15) is 9.59 Å². The maximum absolute atomic E-state index is 12.1. The molecule has 0 aromatic carbocycles. The summed E-state index contributed by atoms with van der Waals surface area (Å²) in [7, 11) is 0. The van der Waals surface area contributed by atoms with E-state index >= 15 is 0 Å². The van der Waals surface area contributed by atoms with Crippen molar-refractivity contribution in [2.45, 2.75) is 45.3 Å². The Morgan fingerprint density at radius 2 is 2.04 bits per heavy atom. The molecule has 1 atom stereocenters. The zero-order valence-corrected chi connectivity index (χ0v) is 15.1. The molecule has 2 heterocycles. The number of hydrogen-bond donors (Lipinski definition) is 2. The molecular formula is C16H25N5O2S. The van der Waals surface area contributed by atoms with Gasteiger partial charge in [-0.15, -0.1) is 11.3 Å². The maximum atomic E-state index is 12.1. The highest BCUT2D eigenvalue weighted by atomic mass is 32.1. The first-order chi connectivity index (χ1) is 11.5. The number of amides is 2. The predicted octanol–water partition coefficient (Wildman–Crippen LogP) is 0.886. The van der Waals surface area contributed by atoms with Crippen LogP contribution in [0.1, 0.15) is 32.4 Å². The molecule has 1 unspecified atom stereocenters. The third-order valence-electron chi connectivity index (χ3n) is 4.48. The second-order valence-corrected chi connectivity index (χ2v) is 7.45. The normalized spacial score (nSPS) is 20.6. The molecule has 2 aliphatic rings. The Balaban J connectivity index is 1.43. The number of rotatable bonds is 6. The summed E-state index contributed by atoms with van der Waals surface area (Å²) in [5, 5.41) is 8.44. The Morgan fingerprint density at radius 3 is 2.67 bits per heavy atom. The van der Waals surface area contributed by atoms with Gasteiger partial charge in [0.1, 0.15) is 0 Å². The molecule has 24 heavy (non-hydrogen) atoms. The summed E-state index contributed by atoms with van der Waals surface area (Å²) in [5.74, 6) is 0.0633. The largest absolute Gasteiger partial charge is 0.352 e. The van der Waals surface area contributed by atoms with Gasteiger partial charge >= 0.3 is 0 Å². The minimum Gasteiger partial charge on any atom is -0.352 e. The number of aromatic nitrogens is 1. The Kier molecular flexibility index (Phi) is 5.47. The van der Waals surface area contributed by atoms with E-state index in [1.54, 1.807) is 0 Å². The topological polar surface area (TPSA) is 77.6 Å². The smallest absolute Gasteiger partial charge is 0.237 e. The van der Waals surface area contributed by atoms with E-state index in [1.165, 1.54) is 18.3 Å². The highest BCUT2D eigenvalue weighted by Gasteiger charge is 2.30. The van der Waals surface area contributed by atoms with Gasteiger partial charge in [0.2, 0.25) is 11.8 Å². The van der Waals surface area contributed by atoms with Crippen LogP contribution in [0.4, 0.5) is 5.13 Å². The average molecular weight is 351 g/mol. The van der Waals surface area contributed by atoms with Crippen molar-refractivity contribution in [1.29, 1.82) is 0 Å². The lowest BCUT2D eigenvalue weighted by atomic mass is 10.2. The van der Waals surface area contributed by atoms with Crippen LogP contribution >= 0.6 is 11.3 Å². The lowest BCUT2D eigenvalue weighted by Gasteiger charge is -2.37. The molecule has 0 radical (unpaired) electrons. The van der Waals surface area contributed by atoms with Crippen molar-refractivity contribution in [2.24, 2.45) is 0 Å². The number of nitrogens with zero attached hydrogens (tertiary/aromatic N) is 3. The Bertz CT molecular complexity index is 593. The lowest BCUT2D eigenvalue weighted by molar-refractivity contribution is -0.126. The monoisotopic (exact) mass is 351 g/mol. The highest BCUT2D eigenvalue weighted by molar-refractivity contribution is 7.13. The molecule has 1 aliphatic heterocycles. The number of thiazole rings is 1. The van der Waals surface area contributed by atoms with Crippen LogP contribution in [0, 0.1) is 0 Å². The van der Waals surface area contributed by atoms with Gasteiger partial charge in [0, 0.05) is 51.1 Å². The van der Waals surface area contributed by atoms with Crippen molar-refractivity contribution < 1.29 is 9.59 Å². The van der Waals surface area contributed by atoms with E-state index in [0.29, 0.717) is 11.2 Å². The van der Waals surface area contributed by atoms with Crippen molar-refractivity contribution in [3.05, 3.63) is 11.1 Å². The molecule has 1 aliphatic carbocycles. The fourth-order valence-electron chi connectivity index (χ4n) is 2.84. The summed E-state index contributed by atoms with van der Waals surface area (Å²) in [6.07, 6.45) is 2.25. The first-order valence-corrected chi connectivity index (χ1v) is 9.38. The molecule has 8 heteroatoms. The first kappa shape index (κ1) is 17.3. The van der Waals surface area contributed by atoms with Crippen LogP contribution < -0.4 is 10.6 Å². The zero-order valence-electron chi connectivity index (χ0n) is 14.2. The third kappa shape index (κ3) is 4.75. The zero-order chi connectivity index (χ0) is 17.1. The van der Waals surface area contributed by atoms with Crippen molar-refractivity contribution in [2.75, 3.05) is 31.5 Å². The van der Waals surface area contributed by atoms with Crippen molar-refractivity contribution in [1.82, 2.24) is 20.1 Å². The Labute approximate surface area is 146 Å². The molecule has 0 spiro atoms. The number of hydrogen-bond acceptors (Lipinski definition) is 6. The number of piperazine rings is 1. The van der Waals surface area contributed by atoms with Gasteiger partial charge in [0.15, 0.2) is 5.13 Å². The fourth-order valence-corrected chi connectivity index (χ4v) is 3.59. The highest BCUT2D eigenvalue weighted by Crippen LogP contribution is 2.20. The number of anilines is 1. The van der Waals surface area contributed by atoms with Crippen LogP contribution in [0.25, 0.3) is 0 Å². The van der Waals surface area contributed by atoms with E-state index in [1.807, 2.05) is 12.3 Å². The quantitative estimate of drug-likeness (QED) is 0.796. The second-order valence-electron chi connectivity index (χ2n) is 6.60. The van der Waals surface area contributed by atoms with Crippen LogP contribution in [-0.2, 0) is 16.1 Å². The number of carbonyl (C=O) groups is 2. The van der Waals surface area contributed by atoms with E-state index in [2.05, 4.69) is 25.4 Å². The van der Waals surface area contributed by atoms with E-state index < -0.39 is 0 Å². The summed E-state index contributed by atoms with van der Waals surface area (Å²) < 4.78 is 0. The van der Waals surface area contributed by atoms with Gasteiger partial charge in [0.05, 0.1) is 11.7 Å². The fraction of sp³-hybridized carbons (Fsp3) is 0.688. The average Bonchev–Trinajstić information content (AvgIpc) is 3.26. The van der Waals surface area contributed by atoms with Gasteiger partial charge < -0.3 is 10.6 Å². The van der Waals surface area contributed by atoms with Gasteiger partial charge in [0.25, 0.3) is 0 Å². The lowest BCUT2D eigenvalue weighted by Crippen LogP contribution is -2.53. The first-order valence-electron chi connectivity index (χ1n) is 8.50. The molecule has 0 bridgehead atoms. The molecule has 1 aromatic rings. The predicted molar refractivity (Wildman–Crippen MR) is 93.9 cm³/mol. The van der Waals surface area contributed by atoms with Gasteiger partial charge in [-0.1, -0.05) is 0 Å². The molecule has 1 aromatic heterocycles. The minimum absolute atomic E-state index is 0.0570. The molecule has 3 rings (SSSR count).